The van der Waals surface area contributed by atoms with Gasteiger partial charge in [-0.2, -0.15) is 0 Å². The van der Waals surface area contributed by atoms with Gasteiger partial charge in [-0.3, -0.25) is 19.4 Å². The van der Waals surface area contributed by atoms with Crippen molar-refractivity contribution in [3.8, 4) is 5.75 Å². The van der Waals surface area contributed by atoms with Crippen LogP contribution in [0.2, 0.25) is 0 Å². The van der Waals surface area contributed by atoms with E-state index in [-0.39, 0.29) is 28.6 Å². The number of methoxy groups -OCH3 is 1. The van der Waals surface area contributed by atoms with Gasteiger partial charge >= 0.3 is 0 Å². The molecule has 0 unspecified atom stereocenters. The molecular formula is C25H25N5O3. The number of ether oxygens (including phenoxy) is 1. The molecule has 168 valence electrons. The van der Waals surface area contributed by atoms with Crippen LogP contribution in [-0.2, 0) is 6.54 Å². The van der Waals surface area contributed by atoms with Crippen molar-refractivity contribution in [2.45, 2.75) is 38.3 Å². The van der Waals surface area contributed by atoms with Crippen LogP contribution in [-0.4, -0.2) is 33.0 Å². The largest absolute Gasteiger partial charge is 0.497 e. The fourth-order valence-corrected chi connectivity index (χ4v) is 4.46. The zero-order valence-corrected chi connectivity index (χ0v) is 18.4. The predicted octanol–water partition coefficient (Wildman–Crippen LogP) is 2.86. The molecule has 0 aliphatic heterocycles. The molecule has 0 atom stereocenters. The molecule has 0 radical (unpaired) electrons. The molecule has 33 heavy (non-hydrogen) atoms. The first-order valence-corrected chi connectivity index (χ1v) is 11.1. The van der Waals surface area contributed by atoms with Crippen LogP contribution in [0.3, 0.4) is 0 Å². The lowest BCUT2D eigenvalue weighted by Crippen LogP contribution is -2.38. The van der Waals surface area contributed by atoms with E-state index in [1.165, 1.54) is 10.5 Å². The van der Waals surface area contributed by atoms with Gasteiger partial charge in [-0.25, -0.2) is 4.98 Å². The summed E-state index contributed by atoms with van der Waals surface area (Å²) in [5, 5.41) is 12.2. The molecule has 3 aromatic heterocycles. The molecule has 3 heterocycles. The number of carbonyl (C=O) groups is 1. The molecule has 5 rings (SSSR count). The lowest BCUT2D eigenvalue weighted by molar-refractivity contribution is 0.0935. The van der Waals surface area contributed by atoms with E-state index in [2.05, 4.69) is 10.3 Å². The first-order valence-electron chi connectivity index (χ1n) is 11.1. The van der Waals surface area contributed by atoms with E-state index in [1.54, 1.807) is 30.0 Å². The monoisotopic (exact) mass is 443 g/mol. The summed E-state index contributed by atoms with van der Waals surface area (Å²) in [5.41, 5.74) is 1.71. The van der Waals surface area contributed by atoms with Crippen LogP contribution in [0, 0.1) is 5.41 Å². The average molecular weight is 444 g/mol. The number of benzene rings is 1. The molecule has 2 N–H and O–H groups in total. The molecule has 0 spiro atoms. The topological polar surface area (TPSA) is 101 Å². The Balaban J connectivity index is 1.70. The highest BCUT2D eigenvalue weighted by molar-refractivity contribution is 5.97. The van der Waals surface area contributed by atoms with Crippen LogP contribution in [0.5, 0.6) is 5.75 Å². The van der Waals surface area contributed by atoms with Crippen molar-refractivity contribution in [3.63, 3.8) is 0 Å². The number of carbonyl (C=O) groups excluding carboxylic acids is 1. The fourth-order valence-electron chi connectivity index (χ4n) is 4.46. The van der Waals surface area contributed by atoms with Gasteiger partial charge in [-0.15, -0.1) is 0 Å². The van der Waals surface area contributed by atoms with Crippen molar-refractivity contribution in [1.82, 2.24) is 19.3 Å². The van der Waals surface area contributed by atoms with Crippen LogP contribution >= 0.6 is 0 Å². The summed E-state index contributed by atoms with van der Waals surface area (Å²) in [6.45, 7) is 0.291. The maximum absolute atomic E-state index is 13.3. The summed E-state index contributed by atoms with van der Waals surface area (Å²) >= 11 is 0. The highest BCUT2D eigenvalue weighted by atomic mass is 16.5. The third-order valence-electron chi connectivity index (χ3n) is 6.25. The van der Waals surface area contributed by atoms with Crippen molar-refractivity contribution in [3.05, 3.63) is 81.7 Å². The van der Waals surface area contributed by atoms with E-state index in [1.807, 2.05) is 30.3 Å². The molecular weight excluding hydrogens is 418 g/mol. The van der Waals surface area contributed by atoms with E-state index in [0.29, 0.717) is 23.2 Å². The van der Waals surface area contributed by atoms with Gasteiger partial charge in [0, 0.05) is 12.2 Å². The first-order chi connectivity index (χ1) is 16.0. The Hall–Kier alpha value is -3.94. The Morgan fingerprint density at radius 2 is 1.94 bits per heavy atom. The number of hydrogen-bond acceptors (Lipinski definition) is 5. The Morgan fingerprint density at radius 3 is 2.67 bits per heavy atom. The smallest absolute Gasteiger partial charge is 0.267 e. The summed E-state index contributed by atoms with van der Waals surface area (Å²) in [6.07, 6.45) is 5.71. The number of amides is 1. The van der Waals surface area contributed by atoms with E-state index in [9.17, 15) is 9.59 Å². The number of rotatable bonds is 5. The maximum Gasteiger partial charge on any atom is 0.267 e. The van der Waals surface area contributed by atoms with Gasteiger partial charge in [0.2, 0.25) is 0 Å². The van der Waals surface area contributed by atoms with Crippen molar-refractivity contribution < 1.29 is 9.53 Å². The molecule has 4 aromatic rings. The third kappa shape index (κ3) is 3.88. The first kappa shape index (κ1) is 20.9. The van der Waals surface area contributed by atoms with Gasteiger partial charge in [-0.05, 0) is 48.7 Å². The van der Waals surface area contributed by atoms with Gasteiger partial charge in [0.25, 0.3) is 11.5 Å². The molecule has 0 bridgehead atoms. The molecule has 1 aliphatic carbocycles. The summed E-state index contributed by atoms with van der Waals surface area (Å²) in [7, 11) is 1.61. The number of fused-ring (bicyclic) bond motifs is 2. The number of pyridine rings is 2. The third-order valence-corrected chi connectivity index (χ3v) is 6.25. The predicted molar refractivity (Wildman–Crippen MR) is 125 cm³/mol. The number of aromatic nitrogens is 3. The Morgan fingerprint density at radius 1 is 1.18 bits per heavy atom. The van der Waals surface area contributed by atoms with E-state index < -0.39 is 0 Å². The Bertz CT molecular complexity index is 1460. The van der Waals surface area contributed by atoms with Crippen LogP contribution in [0.4, 0.5) is 0 Å². The maximum atomic E-state index is 13.3. The molecule has 8 nitrogen and oxygen atoms in total. The van der Waals surface area contributed by atoms with Crippen LogP contribution in [0.15, 0.2) is 59.5 Å². The molecule has 1 saturated carbocycles. The number of nitrogens with one attached hydrogen (secondary N) is 2. The number of nitrogens with zero attached hydrogens (tertiary/aromatic N) is 3. The SMILES string of the molecule is COc1ccc(Cn2c(=N)c(C(=O)NC3CCCC3)cc3c(=O)n4ccccc4nc32)cc1. The zero-order chi connectivity index (χ0) is 22.9. The molecule has 0 saturated heterocycles. The quantitative estimate of drug-likeness (QED) is 0.463. The normalized spacial score (nSPS) is 14.1. The van der Waals surface area contributed by atoms with Gasteiger partial charge < -0.3 is 14.6 Å². The van der Waals surface area contributed by atoms with Crippen molar-refractivity contribution >= 4 is 22.6 Å². The van der Waals surface area contributed by atoms with Gasteiger partial charge in [0.15, 0.2) is 0 Å². The minimum absolute atomic E-state index is 0.0287. The van der Waals surface area contributed by atoms with E-state index >= 15 is 0 Å². The molecule has 1 fully saturated rings. The van der Waals surface area contributed by atoms with Crippen LogP contribution in [0.1, 0.15) is 41.6 Å². The van der Waals surface area contributed by atoms with Crippen LogP contribution in [0.25, 0.3) is 16.7 Å². The van der Waals surface area contributed by atoms with E-state index in [0.717, 1.165) is 37.0 Å². The molecule has 1 aromatic carbocycles. The molecule has 1 amide bonds. The van der Waals surface area contributed by atoms with Crippen molar-refractivity contribution in [2.75, 3.05) is 7.11 Å². The fraction of sp³-hybridized carbons (Fsp3) is 0.280. The summed E-state index contributed by atoms with van der Waals surface area (Å²) in [6, 6.07) is 14.4. The second-order valence-electron chi connectivity index (χ2n) is 8.38. The van der Waals surface area contributed by atoms with E-state index in [4.69, 9.17) is 10.1 Å². The van der Waals surface area contributed by atoms with Gasteiger partial charge in [0.1, 0.15) is 22.5 Å². The van der Waals surface area contributed by atoms with Gasteiger partial charge in [-0.1, -0.05) is 31.0 Å². The van der Waals surface area contributed by atoms with Crippen molar-refractivity contribution in [1.29, 1.82) is 5.41 Å². The second-order valence-corrected chi connectivity index (χ2v) is 8.38. The van der Waals surface area contributed by atoms with Crippen LogP contribution < -0.4 is 21.1 Å². The average Bonchev–Trinajstić information content (AvgIpc) is 3.34. The second kappa shape index (κ2) is 8.54. The number of hydrogen-bond donors (Lipinski definition) is 2. The molecule has 8 heteroatoms. The Kier molecular flexibility index (Phi) is 5.42. The summed E-state index contributed by atoms with van der Waals surface area (Å²) < 4.78 is 8.33. The zero-order valence-electron chi connectivity index (χ0n) is 18.4. The molecule has 1 aliphatic rings. The summed E-state index contributed by atoms with van der Waals surface area (Å²) in [5.74, 6) is 0.404. The van der Waals surface area contributed by atoms with Gasteiger partial charge in [0.05, 0.1) is 24.6 Å². The highest BCUT2D eigenvalue weighted by Gasteiger charge is 2.22. The Labute approximate surface area is 190 Å². The lowest BCUT2D eigenvalue weighted by Gasteiger charge is -2.16. The lowest BCUT2D eigenvalue weighted by atomic mass is 10.1. The standard InChI is InChI=1S/C25H25N5O3/c1-33-18-11-9-16(10-12-18)15-30-22(26)19(24(31)27-17-6-2-3-7-17)14-20-23(30)28-21-8-4-5-13-29(21)25(20)32/h4-5,8-14,17,26H,2-3,6-7,15H2,1H3,(H,27,31). The highest BCUT2D eigenvalue weighted by Crippen LogP contribution is 2.19. The minimum Gasteiger partial charge on any atom is -0.497 e. The van der Waals surface area contributed by atoms with Crippen molar-refractivity contribution in [2.24, 2.45) is 0 Å². The summed E-state index contributed by atoms with van der Waals surface area (Å²) in [4.78, 5) is 31.1. The minimum atomic E-state index is -0.324.